The molecule has 0 aliphatic heterocycles. The van der Waals surface area contributed by atoms with Gasteiger partial charge < -0.3 is 20.2 Å². The number of halogens is 12. The molecule has 2 heterocycles. The first-order chi connectivity index (χ1) is 24.5. The molecule has 0 saturated heterocycles. The Kier molecular flexibility index (Phi) is 12.1. The Hall–Kier alpha value is -4.50. The van der Waals surface area contributed by atoms with Crippen LogP contribution < -0.4 is 0 Å². The average molecular weight is 853 g/mol. The molecule has 13 nitrogen and oxygen atoms in total. The maximum absolute atomic E-state index is 13.0. The van der Waals surface area contributed by atoms with Crippen LogP contribution in [0.5, 0.6) is 0 Å². The van der Waals surface area contributed by atoms with Crippen LogP contribution >= 0.6 is 0 Å². The van der Waals surface area contributed by atoms with Crippen molar-refractivity contribution in [3.63, 3.8) is 0 Å². The van der Waals surface area contributed by atoms with E-state index in [1.165, 1.54) is 0 Å². The number of nitro groups is 2. The molecule has 0 spiro atoms. The number of hydrogen-bond acceptors (Lipinski definition) is 9. The van der Waals surface area contributed by atoms with E-state index in [0.717, 1.165) is 26.0 Å². The van der Waals surface area contributed by atoms with Crippen molar-refractivity contribution >= 4 is 53.8 Å². The van der Waals surface area contributed by atoms with E-state index in [0.29, 0.717) is 24.3 Å². The summed E-state index contributed by atoms with van der Waals surface area (Å²) in [7, 11) is -7.31. The zero-order chi connectivity index (χ0) is 42.5. The van der Waals surface area contributed by atoms with Gasteiger partial charge >= 0.3 is 24.7 Å². The summed E-state index contributed by atoms with van der Waals surface area (Å²) in [6.45, 7) is 1.88. The van der Waals surface area contributed by atoms with Crippen molar-refractivity contribution in [3.05, 3.63) is 79.1 Å². The second-order valence-corrected chi connectivity index (χ2v) is 15.8. The predicted octanol–water partition coefficient (Wildman–Crippen LogP) is 6.89. The maximum atomic E-state index is 13.0. The Bertz CT molecular complexity index is 2240. The van der Waals surface area contributed by atoms with Gasteiger partial charge in [-0.1, -0.05) is 0 Å². The topological polar surface area (TPSA) is 210 Å². The summed E-state index contributed by atoms with van der Waals surface area (Å²) in [5.74, 6) is -6.07. The van der Waals surface area contributed by atoms with E-state index in [1.807, 2.05) is 0 Å². The zero-order valence-electron chi connectivity index (χ0n) is 27.3. The van der Waals surface area contributed by atoms with Gasteiger partial charge in [0.15, 0.2) is 9.84 Å². The summed E-state index contributed by atoms with van der Waals surface area (Å²) < 4.78 is 187. The summed E-state index contributed by atoms with van der Waals surface area (Å²) in [6.07, 6.45) is -19.8. The molecular formula is C28H24F12N4O9S2. The molecule has 0 aliphatic rings. The van der Waals surface area contributed by atoms with Crippen molar-refractivity contribution in [1.82, 2.24) is 9.97 Å². The van der Waals surface area contributed by atoms with Crippen LogP contribution in [0.3, 0.4) is 0 Å². The molecule has 3 unspecified atom stereocenters. The van der Waals surface area contributed by atoms with Gasteiger partial charge in [-0.3, -0.25) is 24.4 Å². The van der Waals surface area contributed by atoms with Crippen LogP contribution in [0.4, 0.5) is 64.1 Å². The lowest BCUT2D eigenvalue weighted by molar-refractivity contribution is -0.388. The molecule has 3 atom stereocenters. The molecule has 0 bridgehead atoms. The minimum Gasteiger partial charge on any atom is -0.383 e. The highest BCUT2D eigenvalue weighted by Crippen LogP contribution is 2.41. The number of H-pyrrole nitrogens is 2. The highest BCUT2D eigenvalue weighted by atomic mass is 32.2. The van der Waals surface area contributed by atoms with E-state index in [9.17, 15) is 95.8 Å². The smallest absolute Gasteiger partial charge is 0.383 e. The lowest BCUT2D eigenvalue weighted by Gasteiger charge is -2.22. The molecular weight excluding hydrogens is 828 g/mol. The minimum atomic E-state index is -5.07. The summed E-state index contributed by atoms with van der Waals surface area (Å²) in [4.78, 5) is 24.0. The van der Waals surface area contributed by atoms with Crippen LogP contribution in [0, 0.1) is 20.2 Å². The van der Waals surface area contributed by atoms with Crippen LogP contribution in [0.2, 0.25) is 0 Å². The van der Waals surface area contributed by atoms with E-state index < -0.39 is 118 Å². The summed E-state index contributed by atoms with van der Waals surface area (Å²) >= 11 is 0. The van der Waals surface area contributed by atoms with Gasteiger partial charge in [-0.15, -0.1) is 0 Å². The highest BCUT2D eigenvalue weighted by Gasteiger charge is 2.43. The van der Waals surface area contributed by atoms with Gasteiger partial charge in [0.05, 0.1) is 21.4 Å². The molecule has 0 saturated carbocycles. The number of nitrogens with zero attached hydrogens (tertiary/aromatic N) is 2. The number of nitrogens with one attached hydrogen (secondary N) is 2. The van der Waals surface area contributed by atoms with Crippen LogP contribution in [0.15, 0.2) is 36.4 Å². The van der Waals surface area contributed by atoms with Gasteiger partial charge in [0.2, 0.25) is 0 Å². The number of aromatic amines is 2. The number of rotatable bonds is 10. The van der Waals surface area contributed by atoms with Gasteiger partial charge in [0.1, 0.15) is 33.8 Å². The number of hydrogen-bond donors (Lipinski definition) is 4. The lowest BCUT2D eigenvalue weighted by Crippen LogP contribution is -2.36. The molecule has 4 N–H and O–H groups in total. The van der Waals surface area contributed by atoms with E-state index in [1.54, 1.807) is 0 Å². The van der Waals surface area contributed by atoms with Gasteiger partial charge in [-0.2, -0.15) is 52.7 Å². The van der Waals surface area contributed by atoms with E-state index >= 15 is 0 Å². The molecule has 55 heavy (non-hydrogen) atoms. The third kappa shape index (κ3) is 11.7. The summed E-state index contributed by atoms with van der Waals surface area (Å²) in [5, 5.41) is 42.2. The Morgan fingerprint density at radius 2 is 1.02 bits per heavy atom. The summed E-state index contributed by atoms with van der Waals surface area (Å²) in [6, 6.07) is 4.08. The fraction of sp³-hybridized carbons (Fsp3) is 0.429. The third-order valence-corrected chi connectivity index (χ3v) is 10.6. The number of alkyl halides is 12. The van der Waals surface area contributed by atoms with Crippen molar-refractivity contribution in [3.8, 4) is 0 Å². The second-order valence-electron chi connectivity index (χ2n) is 12.3. The first-order valence-corrected chi connectivity index (χ1v) is 17.7. The highest BCUT2D eigenvalue weighted by molar-refractivity contribution is 7.91. The Balaban J connectivity index is 0.000000296. The van der Waals surface area contributed by atoms with Crippen molar-refractivity contribution in [2.24, 2.45) is 0 Å². The van der Waals surface area contributed by atoms with E-state index in [2.05, 4.69) is 9.97 Å². The molecule has 0 amide bonds. The number of benzene rings is 2. The standard InChI is InChI=1S/C14H12F6N2O5S.C14H12F6N2O4S/c1-12(23,5-28(26,27)6-13(15,16)17)11-3-7-2-10(22(24)25)8(14(18,19)20)4-9(7)21-11;1-12(23,5-27(26)6-13(15,16)17)11-3-7-2-10(22(24)25)8(14(18,19)20)4-9(7)21-11/h2-4,21,23H,5-6H2,1H3;2-4,21,23H,5-6H2,1H3. The normalized spacial score (nSPS) is 15.9. The van der Waals surface area contributed by atoms with Crippen molar-refractivity contribution in [2.75, 3.05) is 23.0 Å². The Morgan fingerprint density at radius 3 is 1.35 bits per heavy atom. The van der Waals surface area contributed by atoms with Crippen molar-refractivity contribution in [2.45, 2.75) is 49.8 Å². The molecule has 0 radical (unpaired) electrons. The third-order valence-electron chi connectivity index (χ3n) is 7.29. The second kappa shape index (κ2) is 14.9. The first kappa shape index (κ1) is 44.9. The SMILES string of the molecule is CC(O)(CS(=O)(=O)CC(F)(F)F)c1cc2cc([N+](=O)[O-])c(C(F)(F)F)cc2[nH]1.CC(O)(CS(=O)CC(F)(F)F)c1cc2cc([N+](=O)[O-])c(C(F)(F)F)cc2[nH]1. The number of sulfone groups is 1. The predicted molar refractivity (Wildman–Crippen MR) is 168 cm³/mol. The van der Waals surface area contributed by atoms with Gasteiger partial charge in [-0.25, -0.2) is 8.42 Å². The molecule has 0 fully saturated rings. The summed E-state index contributed by atoms with van der Waals surface area (Å²) in [5.41, 5.74) is -11.3. The minimum absolute atomic E-state index is 0.0634. The molecule has 2 aromatic carbocycles. The van der Waals surface area contributed by atoms with Crippen molar-refractivity contribution in [1.29, 1.82) is 0 Å². The number of aliphatic hydroxyl groups is 2. The van der Waals surface area contributed by atoms with Crippen LogP contribution in [0.25, 0.3) is 21.8 Å². The van der Waals surface area contributed by atoms with E-state index in [4.69, 9.17) is 0 Å². The first-order valence-electron chi connectivity index (χ1n) is 14.4. The Labute approximate surface area is 301 Å². The van der Waals surface area contributed by atoms with Crippen LogP contribution in [-0.4, -0.2) is 78.0 Å². The fourth-order valence-corrected chi connectivity index (χ4v) is 7.97. The number of aromatic nitrogens is 2. The molecule has 306 valence electrons. The molecule has 27 heteroatoms. The van der Waals surface area contributed by atoms with Gasteiger partial charge in [0, 0.05) is 56.1 Å². The lowest BCUT2D eigenvalue weighted by atomic mass is 10.1. The van der Waals surface area contributed by atoms with E-state index in [-0.39, 0.29) is 27.5 Å². The van der Waals surface area contributed by atoms with Gasteiger partial charge in [-0.05, 0) is 38.1 Å². The van der Waals surface area contributed by atoms with Crippen LogP contribution in [0.1, 0.15) is 36.4 Å². The largest absolute Gasteiger partial charge is 0.423 e. The zero-order valence-corrected chi connectivity index (χ0v) is 28.9. The Morgan fingerprint density at radius 1 is 0.636 bits per heavy atom. The monoisotopic (exact) mass is 852 g/mol. The van der Waals surface area contributed by atoms with Crippen LogP contribution in [-0.2, 0) is 44.2 Å². The maximum Gasteiger partial charge on any atom is 0.423 e. The quantitative estimate of drug-likeness (QED) is 0.0743. The molecule has 4 aromatic rings. The number of nitro benzene ring substituents is 2. The molecule has 4 rings (SSSR count). The van der Waals surface area contributed by atoms with Crippen molar-refractivity contribution < 1.29 is 85.4 Å². The molecule has 2 aromatic heterocycles. The average Bonchev–Trinajstić information content (AvgIpc) is 3.56. The molecule has 0 aliphatic carbocycles. The number of fused-ring (bicyclic) bond motifs is 2. The van der Waals surface area contributed by atoms with Gasteiger partial charge in [0.25, 0.3) is 11.4 Å². The fourth-order valence-electron chi connectivity index (χ4n) is 5.11.